The minimum atomic E-state index is 1.14. The Labute approximate surface area is 106 Å². The molecule has 0 spiro atoms. The van der Waals surface area contributed by atoms with Crippen molar-refractivity contribution in [2.24, 2.45) is 0 Å². The van der Waals surface area contributed by atoms with Gasteiger partial charge in [-0.1, -0.05) is 42.8 Å². The van der Waals surface area contributed by atoms with Crippen LogP contribution in [0, 0.1) is 0 Å². The van der Waals surface area contributed by atoms with Gasteiger partial charge in [-0.2, -0.15) is 0 Å². The SMILES string of the molecule is C=CCCCCCNCCCc1ccccc1. The molecule has 0 aliphatic carbocycles. The molecule has 94 valence electrons. The Morgan fingerprint density at radius 1 is 0.941 bits per heavy atom. The first-order chi connectivity index (χ1) is 8.43. The minimum absolute atomic E-state index is 1.14. The van der Waals surface area contributed by atoms with Gasteiger partial charge >= 0.3 is 0 Å². The van der Waals surface area contributed by atoms with Crippen LogP contribution in [0.3, 0.4) is 0 Å². The van der Waals surface area contributed by atoms with Gasteiger partial charge in [0, 0.05) is 0 Å². The smallest absolute Gasteiger partial charge is 0.00457 e. The fourth-order valence-corrected chi connectivity index (χ4v) is 1.90. The summed E-state index contributed by atoms with van der Waals surface area (Å²) >= 11 is 0. The van der Waals surface area contributed by atoms with E-state index in [0.29, 0.717) is 0 Å². The van der Waals surface area contributed by atoms with E-state index in [1.54, 1.807) is 0 Å². The summed E-state index contributed by atoms with van der Waals surface area (Å²) in [7, 11) is 0. The molecule has 0 bridgehead atoms. The molecule has 0 fully saturated rings. The molecular weight excluding hydrogens is 206 g/mol. The van der Waals surface area contributed by atoms with Gasteiger partial charge in [-0.3, -0.25) is 0 Å². The van der Waals surface area contributed by atoms with Crippen molar-refractivity contribution in [2.45, 2.75) is 38.5 Å². The van der Waals surface area contributed by atoms with E-state index in [1.807, 2.05) is 6.08 Å². The molecule has 1 nitrogen and oxygen atoms in total. The number of hydrogen-bond donors (Lipinski definition) is 1. The second-order valence-electron chi connectivity index (χ2n) is 4.48. The zero-order valence-electron chi connectivity index (χ0n) is 10.8. The number of nitrogens with one attached hydrogen (secondary N) is 1. The van der Waals surface area contributed by atoms with Crippen LogP contribution in [-0.4, -0.2) is 13.1 Å². The summed E-state index contributed by atoms with van der Waals surface area (Å²) < 4.78 is 0. The van der Waals surface area contributed by atoms with Crippen molar-refractivity contribution >= 4 is 0 Å². The maximum absolute atomic E-state index is 3.73. The molecule has 1 rings (SSSR count). The highest BCUT2D eigenvalue weighted by Crippen LogP contribution is 2.02. The third-order valence-electron chi connectivity index (χ3n) is 2.92. The number of aryl methyl sites for hydroxylation is 1. The molecule has 0 saturated carbocycles. The third-order valence-corrected chi connectivity index (χ3v) is 2.92. The van der Waals surface area contributed by atoms with E-state index in [-0.39, 0.29) is 0 Å². The molecule has 1 aromatic carbocycles. The van der Waals surface area contributed by atoms with Gasteiger partial charge in [0.1, 0.15) is 0 Å². The fourth-order valence-electron chi connectivity index (χ4n) is 1.90. The summed E-state index contributed by atoms with van der Waals surface area (Å²) in [6.07, 6.45) is 9.48. The van der Waals surface area contributed by atoms with Crippen LogP contribution in [0.5, 0.6) is 0 Å². The molecule has 0 aromatic heterocycles. The largest absolute Gasteiger partial charge is 0.317 e. The molecule has 0 saturated heterocycles. The van der Waals surface area contributed by atoms with Crippen molar-refractivity contribution in [3.05, 3.63) is 48.6 Å². The number of allylic oxidation sites excluding steroid dienone is 1. The van der Waals surface area contributed by atoms with Crippen molar-refractivity contribution in [1.82, 2.24) is 5.32 Å². The van der Waals surface area contributed by atoms with Crippen LogP contribution >= 0.6 is 0 Å². The lowest BCUT2D eigenvalue weighted by atomic mass is 10.1. The van der Waals surface area contributed by atoms with Crippen LogP contribution in [0.2, 0.25) is 0 Å². The lowest BCUT2D eigenvalue weighted by Gasteiger charge is -2.04. The van der Waals surface area contributed by atoms with E-state index in [9.17, 15) is 0 Å². The van der Waals surface area contributed by atoms with E-state index in [4.69, 9.17) is 0 Å². The molecular formula is C16H25N. The van der Waals surface area contributed by atoms with Crippen LogP contribution in [0.15, 0.2) is 43.0 Å². The monoisotopic (exact) mass is 231 g/mol. The molecule has 1 aromatic rings. The first-order valence-corrected chi connectivity index (χ1v) is 6.79. The van der Waals surface area contributed by atoms with Gasteiger partial charge in [0.25, 0.3) is 0 Å². The minimum Gasteiger partial charge on any atom is -0.317 e. The lowest BCUT2D eigenvalue weighted by Crippen LogP contribution is -2.17. The van der Waals surface area contributed by atoms with Crippen LogP contribution in [0.4, 0.5) is 0 Å². The van der Waals surface area contributed by atoms with E-state index < -0.39 is 0 Å². The van der Waals surface area contributed by atoms with Crippen LogP contribution in [-0.2, 0) is 6.42 Å². The van der Waals surface area contributed by atoms with Gasteiger partial charge in [0.2, 0.25) is 0 Å². The zero-order valence-corrected chi connectivity index (χ0v) is 10.8. The molecule has 0 radical (unpaired) electrons. The highest BCUT2D eigenvalue weighted by Gasteiger charge is 1.92. The van der Waals surface area contributed by atoms with E-state index >= 15 is 0 Å². The average molecular weight is 231 g/mol. The Balaban J connectivity index is 1.86. The van der Waals surface area contributed by atoms with Gasteiger partial charge in [-0.15, -0.1) is 6.58 Å². The van der Waals surface area contributed by atoms with Crippen molar-refractivity contribution < 1.29 is 0 Å². The molecule has 0 aliphatic heterocycles. The summed E-state index contributed by atoms with van der Waals surface area (Å²) in [6.45, 7) is 6.03. The molecule has 0 heterocycles. The highest BCUT2D eigenvalue weighted by molar-refractivity contribution is 5.14. The van der Waals surface area contributed by atoms with Gasteiger partial charge in [-0.05, 0) is 50.8 Å². The molecule has 1 N–H and O–H groups in total. The average Bonchev–Trinajstić information content (AvgIpc) is 2.38. The van der Waals surface area contributed by atoms with Crippen LogP contribution in [0.25, 0.3) is 0 Å². The summed E-state index contributed by atoms with van der Waals surface area (Å²) in [5.41, 5.74) is 1.44. The van der Waals surface area contributed by atoms with Gasteiger partial charge in [0.05, 0.1) is 0 Å². The van der Waals surface area contributed by atoms with Crippen molar-refractivity contribution in [2.75, 3.05) is 13.1 Å². The van der Waals surface area contributed by atoms with Crippen molar-refractivity contribution in [1.29, 1.82) is 0 Å². The molecule has 0 amide bonds. The Morgan fingerprint density at radius 3 is 2.47 bits per heavy atom. The first kappa shape index (κ1) is 14.0. The highest BCUT2D eigenvalue weighted by atomic mass is 14.8. The van der Waals surface area contributed by atoms with E-state index in [0.717, 1.165) is 19.5 Å². The maximum Gasteiger partial charge on any atom is -0.00457 e. The summed E-state index contributed by atoms with van der Waals surface area (Å²) in [5.74, 6) is 0. The predicted octanol–water partition coefficient (Wildman–Crippen LogP) is 3.96. The number of rotatable bonds is 10. The molecule has 0 atom stereocenters. The second kappa shape index (κ2) is 10.1. The number of unbranched alkanes of at least 4 members (excludes halogenated alkanes) is 3. The first-order valence-electron chi connectivity index (χ1n) is 6.79. The van der Waals surface area contributed by atoms with Gasteiger partial charge in [-0.25, -0.2) is 0 Å². The number of benzene rings is 1. The Bertz CT molecular complexity index is 279. The maximum atomic E-state index is 3.73. The van der Waals surface area contributed by atoms with Crippen molar-refractivity contribution in [3.63, 3.8) is 0 Å². The molecule has 0 unspecified atom stereocenters. The summed E-state index contributed by atoms with van der Waals surface area (Å²) in [6, 6.07) is 10.7. The van der Waals surface area contributed by atoms with Crippen molar-refractivity contribution in [3.8, 4) is 0 Å². The van der Waals surface area contributed by atoms with E-state index in [1.165, 1.54) is 37.7 Å². The zero-order chi connectivity index (χ0) is 12.2. The quantitative estimate of drug-likeness (QED) is 0.475. The van der Waals surface area contributed by atoms with Gasteiger partial charge in [0.15, 0.2) is 0 Å². The summed E-state index contributed by atoms with van der Waals surface area (Å²) in [4.78, 5) is 0. The van der Waals surface area contributed by atoms with Crippen LogP contribution < -0.4 is 5.32 Å². The Hall–Kier alpha value is -1.08. The Morgan fingerprint density at radius 2 is 1.71 bits per heavy atom. The predicted molar refractivity (Wildman–Crippen MR) is 76.3 cm³/mol. The number of hydrogen-bond acceptors (Lipinski definition) is 1. The Kier molecular flexibility index (Phi) is 8.31. The standard InChI is InChI=1S/C16H25N/c1-2-3-4-5-9-14-17-15-10-13-16-11-7-6-8-12-16/h2,6-8,11-12,17H,1,3-5,9-10,13-15H2. The third kappa shape index (κ3) is 7.76. The lowest BCUT2D eigenvalue weighted by molar-refractivity contribution is 0.591. The van der Waals surface area contributed by atoms with E-state index in [2.05, 4.69) is 42.2 Å². The molecule has 17 heavy (non-hydrogen) atoms. The fraction of sp³-hybridized carbons (Fsp3) is 0.500. The molecule has 1 heteroatoms. The topological polar surface area (TPSA) is 12.0 Å². The van der Waals surface area contributed by atoms with Gasteiger partial charge < -0.3 is 5.32 Å². The van der Waals surface area contributed by atoms with Crippen LogP contribution in [0.1, 0.15) is 37.7 Å². The normalized spacial score (nSPS) is 10.4. The summed E-state index contributed by atoms with van der Waals surface area (Å²) in [5, 5.41) is 3.51. The molecule has 0 aliphatic rings. The second-order valence-corrected chi connectivity index (χ2v) is 4.48.